The molecule has 0 aliphatic heterocycles. The van der Waals surface area contributed by atoms with Gasteiger partial charge < -0.3 is 9.84 Å². The number of ether oxygens (including phenoxy) is 1. The van der Waals surface area contributed by atoms with E-state index in [1.165, 1.54) is 12.1 Å². The van der Waals surface area contributed by atoms with Crippen molar-refractivity contribution in [2.75, 3.05) is 0 Å². The van der Waals surface area contributed by atoms with Crippen LogP contribution in [-0.4, -0.2) is 16.1 Å². The highest BCUT2D eigenvalue weighted by Gasteiger charge is 2.06. The number of aromatic nitrogens is 1. The lowest BCUT2D eigenvalue weighted by molar-refractivity contribution is 0.0688. The minimum Gasteiger partial charge on any atom is -0.477 e. The molecular weight excluding hydrogens is 249 g/mol. The second-order valence-electron chi connectivity index (χ2n) is 3.90. The van der Waals surface area contributed by atoms with E-state index in [0.717, 1.165) is 0 Å². The number of pyridine rings is 1. The first-order chi connectivity index (χ1) is 9.16. The van der Waals surface area contributed by atoms with Crippen molar-refractivity contribution in [1.82, 2.24) is 4.98 Å². The molecule has 5 heteroatoms. The summed E-state index contributed by atoms with van der Waals surface area (Å²) in [6, 6.07) is 11.0. The number of aromatic carboxylic acids is 1. The van der Waals surface area contributed by atoms with E-state index in [1.54, 1.807) is 30.3 Å². The van der Waals surface area contributed by atoms with Crippen LogP contribution in [0.1, 0.15) is 21.7 Å². The van der Waals surface area contributed by atoms with E-state index in [2.05, 4.69) is 4.98 Å². The molecule has 1 heterocycles. The number of carboxylic acid groups (broad SMARTS) is 1. The molecule has 0 spiro atoms. The van der Waals surface area contributed by atoms with Gasteiger partial charge in [0.25, 0.3) is 0 Å². The van der Waals surface area contributed by atoms with Crippen molar-refractivity contribution in [3.8, 4) is 0 Å². The summed E-state index contributed by atoms with van der Waals surface area (Å²) < 4.78 is 18.6. The predicted octanol–water partition coefficient (Wildman–Crippen LogP) is 2.64. The highest BCUT2D eigenvalue weighted by atomic mass is 19.1. The summed E-state index contributed by atoms with van der Waals surface area (Å²) in [6.45, 7) is 0.251. The standard InChI is InChI=1S/C14H12FNO3/c15-12-6-2-1-4-10(12)8-19-9-11-5-3-7-13(16-11)14(17)18/h1-7H,8-9H2,(H,17,18). The molecular formula is C14H12FNO3. The highest BCUT2D eigenvalue weighted by molar-refractivity contribution is 5.85. The predicted molar refractivity (Wildman–Crippen MR) is 66.1 cm³/mol. The van der Waals surface area contributed by atoms with Gasteiger partial charge in [0.15, 0.2) is 0 Å². The molecule has 0 saturated carbocycles. The van der Waals surface area contributed by atoms with E-state index in [4.69, 9.17) is 9.84 Å². The van der Waals surface area contributed by atoms with Crippen LogP contribution in [0.2, 0.25) is 0 Å². The zero-order chi connectivity index (χ0) is 13.7. The van der Waals surface area contributed by atoms with Crippen LogP contribution >= 0.6 is 0 Å². The maximum atomic E-state index is 13.3. The minimum absolute atomic E-state index is 0.0352. The van der Waals surface area contributed by atoms with Crippen molar-refractivity contribution in [2.24, 2.45) is 0 Å². The molecule has 2 rings (SSSR count). The van der Waals surface area contributed by atoms with Gasteiger partial charge in [0.2, 0.25) is 0 Å². The molecule has 0 aliphatic rings. The average molecular weight is 261 g/mol. The fraction of sp³-hybridized carbons (Fsp3) is 0.143. The molecule has 0 unspecified atom stereocenters. The van der Waals surface area contributed by atoms with Crippen LogP contribution in [0.25, 0.3) is 0 Å². The second-order valence-corrected chi connectivity index (χ2v) is 3.90. The number of benzene rings is 1. The van der Waals surface area contributed by atoms with Gasteiger partial charge in [-0.2, -0.15) is 0 Å². The lowest BCUT2D eigenvalue weighted by Gasteiger charge is -2.05. The third kappa shape index (κ3) is 3.59. The summed E-state index contributed by atoms with van der Waals surface area (Å²) >= 11 is 0. The number of carbonyl (C=O) groups is 1. The molecule has 0 aliphatic carbocycles. The first-order valence-corrected chi connectivity index (χ1v) is 5.67. The van der Waals surface area contributed by atoms with Gasteiger partial charge in [0, 0.05) is 5.56 Å². The van der Waals surface area contributed by atoms with Crippen LogP contribution < -0.4 is 0 Å². The quantitative estimate of drug-likeness (QED) is 0.898. The second kappa shape index (κ2) is 6.06. The van der Waals surface area contributed by atoms with Crippen LogP contribution in [0, 0.1) is 5.82 Å². The molecule has 19 heavy (non-hydrogen) atoms. The number of hydrogen-bond donors (Lipinski definition) is 1. The van der Waals surface area contributed by atoms with Gasteiger partial charge in [-0.3, -0.25) is 0 Å². The molecule has 98 valence electrons. The number of carboxylic acids is 1. The third-order valence-electron chi connectivity index (χ3n) is 2.49. The Bertz CT molecular complexity index is 586. The van der Waals surface area contributed by atoms with E-state index in [0.29, 0.717) is 11.3 Å². The summed E-state index contributed by atoms with van der Waals surface area (Å²) in [5.41, 5.74) is 0.917. The Labute approximate surface area is 109 Å². The van der Waals surface area contributed by atoms with Gasteiger partial charge in [0.05, 0.1) is 18.9 Å². The molecule has 1 aromatic heterocycles. The summed E-state index contributed by atoms with van der Waals surface area (Å²) in [5, 5.41) is 8.80. The van der Waals surface area contributed by atoms with E-state index in [-0.39, 0.29) is 24.7 Å². The molecule has 4 nitrogen and oxygen atoms in total. The normalized spacial score (nSPS) is 10.4. The van der Waals surface area contributed by atoms with Crippen LogP contribution in [0.4, 0.5) is 4.39 Å². The van der Waals surface area contributed by atoms with Gasteiger partial charge in [-0.15, -0.1) is 0 Å². The molecule has 2 aromatic rings. The summed E-state index contributed by atoms with van der Waals surface area (Å²) in [4.78, 5) is 14.6. The first-order valence-electron chi connectivity index (χ1n) is 5.67. The average Bonchev–Trinajstić information content (AvgIpc) is 2.41. The number of hydrogen-bond acceptors (Lipinski definition) is 3. The zero-order valence-electron chi connectivity index (χ0n) is 10.0. The van der Waals surface area contributed by atoms with Gasteiger partial charge in [-0.05, 0) is 18.2 Å². The summed E-state index contributed by atoms with van der Waals surface area (Å²) in [6.07, 6.45) is 0. The van der Waals surface area contributed by atoms with E-state index < -0.39 is 5.97 Å². The van der Waals surface area contributed by atoms with Crippen LogP contribution in [0.3, 0.4) is 0 Å². The van der Waals surface area contributed by atoms with E-state index >= 15 is 0 Å². The molecule has 0 fully saturated rings. The van der Waals surface area contributed by atoms with Crippen LogP contribution in [0.15, 0.2) is 42.5 Å². The van der Waals surface area contributed by atoms with Gasteiger partial charge in [-0.1, -0.05) is 24.3 Å². The zero-order valence-corrected chi connectivity index (χ0v) is 10.0. The minimum atomic E-state index is -1.09. The number of nitrogens with zero attached hydrogens (tertiary/aromatic N) is 1. The maximum absolute atomic E-state index is 13.3. The topological polar surface area (TPSA) is 59.4 Å². The van der Waals surface area contributed by atoms with Crippen molar-refractivity contribution in [1.29, 1.82) is 0 Å². The van der Waals surface area contributed by atoms with Crippen LogP contribution in [0.5, 0.6) is 0 Å². The Kier molecular flexibility index (Phi) is 4.20. The fourth-order valence-electron chi connectivity index (χ4n) is 1.56. The Balaban J connectivity index is 1.94. The Morgan fingerprint density at radius 2 is 1.95 bits per heavy atom. The maximum Gasteiger partial charge on any atom is 0.354 e. The van der Waals surface area contributed by atoms with Crippen molar-refractivity contribution >= 4 is 5.97 Å². The number of halogens is 1. The Morgan fingerprint density at radius 3 is 2.68 bits per heavy atom. The molecule has 1 N–H and O–H groups in total. The number of rotatable bonds is 5. The SMILES string of the molecule is O=C(O)c1cccc(COCc2ccccc2F)n1. The van der Waals surface area contributed by atoms with Gasteiger partial charge in [-0.25, -0.2) is 14.2 Å². The third-order valence-corrected chi connectivity index (χ3v) is 2.49. The van der Waals surface area contributed by atoms with E-state index in [9.17, 15) is 9.18 Å². The van der Waals surface area contributed by atoms with Crippen molar-refractivity contribution in [2.45, 2.75) is 13.2 Å². The van der Waals surface area contributed by atoms with Crippen LogP contribution in [-0.2, 0) is 18.0 Å². The Hall–Kier alpha value is -2.27. The monoisotopic (exact) mass is 261 g/mol. The lowest BCUT2D eigenvalue weighted by atomic mass is 10.2. The smallest absolute Gasteiger partial charge is 0.354 e. The molecule has 0 bridgehead atoms. The summed E-state index contributed by atoms with van der Waals surface area (Å²) in [5.74, 6) is -1.41. The van der Waals surface area contributed by atoms with Crippen molar-refractivity contribution in [3.63, 3.8) is 0 Å². The van der Waals surface area contributed by atoms with Crippen molar-refractivity contribution in [3.05, 3.63) is 65.2 Å². The van der Waals surface area contributed by atoms with Crippen molar-refractivity contribution < 1.29 is 19.0 Å². The fourth-order valence-corrected chi connectivity index (χ4v) is 1.56. The Morgan fingerprint density at radius 1 is 1.16 bits per heavy atom. The molecule has 0 amide bonds. The molecule has 0 saturated heterocycles. The largest absolute Gasteiger partial charge is 0.477 e. The van der Waals surface area contributed by atoms with Gasteiger partial charge in [0.1, 0.15) is 11.5 Å². The van der Waals surface area contributed by atoms with E-state index in [1.807, 2.05) is 0 Å². The molecule has 0 atom stereocenters. The molecule has 0 radical (unpaired) electrons. The van der Waals surface area contributed by atoms with Gasteiger partial charge >= 0.3 is 5.97 Å². The highest BCUT2D eigenvalue weighted by Crippen LogP contribution is 2.09. The first kappa shape index (κ1) is 13.2. The molecule has 1 aromatic carbocycles. The lowest BCUT2D eigenvalue weighted by Crippen LogP contribution is -2.04. The summed E-state index contributed by atoms with van der Waals surface area (Å²) in [7, 11) is 0.